The number of nitrogens with one attached hydrogen (secondary N) is 2. The van der Waals surface area contributed by atoms with Gasteiger partial charge in [0.15, 0.2) is 9.84 Å². The first-order valence-electron chi connectivity index (χ1n) is 7.05. The standard InChI is InChI=1S/C15H22N2O3S/c1-11-4-6-13(7-5-11)16-14(18)12(2)17-15(3)8-9-21(19,20)10-15/h4-7,12,17H,8-10H2,1-3H3,(H,16,18). The SMILES string of the molecule is Cc1ccc(NC(=O)C(C)NC2(C)CCS(=O)(=O)C2)cc1. The van der Waals surface area contributed by atoms with Gasteiger partial charge in [-0.15, -0.1) is 0 Å². The summed E-state index contributed by atoms with van der Waals surface area (Å²) in [5.74, 6) is 0.106. The molecule has 0 radical (unpaired) electrons. The van der Waals surface area contributed by atoms with Gasteiger partial charge in [0.25, 0.3) is 0 Å². The quantitative estimate of drug-likeness (QED) is 0.883. The lowest BCUT2D eigenvalue weighted by atomic mass is 10.0. The summed E-state index contributed by atoms with van der Waals surface area (Å²) in [6.07, 6.45) is 0.539. The number of amides is 1. The zero-order chi connectivity index (χ0) is 15.7. The summed E-state index contributed by atoms with van der Waals surface area (Å²) in [6.45, 7) is 5.59. The summed E-state index contributed by atoms with van der Waals surface area (Å²) in [7, 11) is -2.98. The van der Waals surface area contributed by atoms with Crippen molar-refractivity contribution in [2.45, 2.75) is 38.8 Å². The minimum Gasteiger partial charge on any atom is -0.325 e. The molecule has 0 aromatic heterocycles. The maximum absolute atomic E-state index is 12.2. The summed E-state index contributed by atoms with van der Waals surface area (Å²) in [6, 6.07) is 7.10. The van der Waals surface area contributed by atoms with Crippen LogP contribution in [0.25, 0.3) is 0 Å². The number of carbonyl (C=O) groups excluding carboxylic acids is 1. The van der Waals surface area contributed by atoms with E-state index in [0.717, 1.165) is 11.3 Å². The Balaban J connectivity index is 1.95. The fraction of sp³-hybridized carbons (Fsp3) is 0.533. The monoisotopic (exact) mass is 310 g/mol. The fourth-order valence-electron chi connectivity index (χ4n) is 2.60. The van der Waals surface area contributed by atoms with Crippen LogP contribution in [0.3, 0.4) is 0 Å². The number of hydrogen-bond acceptors (Lipinski definition) is 4. The molecule has 1 aliphatic heterocycles. The Morgan fingerprint density at radius 1 is 1.29 bits per heavy atom. The van der Waals surface area contributed by atoms with Crippen molar-refractivity contribution >= 4 is 21.4 Å². The predicted molar refractivity (Wildman–Crippen MR) is 84.1 cm³/mol. The van der Waals surface area contributed by atoms with Crippen LogP contribution in [-0.4, -0.2) is 37.4 Å². The van der Waals surface area contributed by atoms with Gasteiger partial charge in [0.1, 0.15) is 0 Å². The number of rotatable bonds is 4. The molecule has 1 heterocycles. The Morgan fingerprint density at radius 2 is 1.90 bits per heavy atom. The van der Waals surface area contributed by atoms with Gasteiger partial charge >= 0.3 is 0 Å². The summed E-state index contributed by atoms with van der Waals surface area (Å²) in [5, 5.41) is 5.98. The third-order valence-electron chi connectivity index (χ3n) is 3.78. The van der Waals surface area contributed by atoms with E-state index in [1.54, 1.807) is 6.92 Å². The second-order valence-corrected chi connectivity index (χ2v) is 8.31. The Kier molecular flexibility index (Phi) is 4.39. The van der Waals surface area contributed by atoms with E-state index in [0.29, 0.717) is 6.42 Å². The zero-order valence-corrected chi connectivity index (χ0v) is 13.5. The molecule has 2 atom stereocenters. The first-order valence-corrected chi connectivity index (χ1v) is 8.87. The van der Waals surface area contributed by atoms with Crippen LogP contribution in [0.15, 0.2) is 24.3 Å². The van der Waals surface area contributed by atoms with Crippen LogP contribution < -0.4 is 10.6 Å². The largest absolute Gasteiger partial charge is 0.325 e. The van der Waals surface area contributed by atoms with Crippen molar-refractivity contribution in [2.24, 2.45) is 0 Å². The van der Waals surface area contributed by atoms with Gasteiger partial charge in [-0.05, 0) is 39.3 Å². The molecule has 1 amide bonds. The fourth-order valence-corrected chi connectivity index (χ4v) is 4.70. The second kappa shape index (κ2) is 5.77. The molecular formula is C15H22N2O3S. The van der Waals surface area contributed by atoms with E-state index in [1.807, 2.05) is 38.1 Å². The lowest BCUT2D eigenvalue weighted by Gasteiger charge is -2.28. The summed E-state index contributed by atoms with van der Waals surface area (Å²) in [5.41, 5.74) is 1.34. The molecule has 21 heavy (non-hydrogen) atoms. The van der Waals surface area contributed by atoms with Gasteiger partial charge in [0.2, 0.25) is 5.91 Å². The Labute approximate surface area is 126 Å². The van der Waals surface area contributed by atoms with Crippen LogP contribution in [0.5, 0.6) is 0 Å². The van der Waals surface area contributed by atoms with Crippen molar-refractivity contribution in [1.82, 2.24) is 5.32 Å². The number of benzene rings is 1. The third kappa shape index (κ3) is 4.28. The van der Waals surface area contributed by atoms with E-state index < -0.39 is 21.4 Å². The highest BCUT2D eigenvalue weighted by molar-refractivity contribution is 7.91. The highest BCUT2D eigenvalue weighted by Gasteiger charge is 2.39. The molecule has 6 heteroatoms. The van der Waals surface area contributed by atoms with Crippen LogP contribution in [0.2, 0.25) is 0 Å². The highest BCUT2D eigenvalue weighted by Crippen LogP contribution is 2.23. The number of aryl methyl sites for hydroxylation is 1. The molecule has 1 saturated heterocycles. The van der Waals surface area contributed by atoms with Gasteiger partial charge in [-0.2, -0.15) is 0 Å². The molecule has 1 aromatic carbocycles. The van der Waals surface area contributed by atoms with Gasteiger partial charge < -0.3 is 5.32 Å². The summed E-state index contributed by atoms with van der Waals surface area (Å²) in [4.78, 5) is 12.2. The van der Waals surface area contributed by atoms with Crippen LogP contribution >= 0.6 is 0 Å². The summed E-state index contributed by atoms with van der Waals surface area (Å²) >= 11 is 0. The normalized spacial score (nSPS) is 25.5. The number of anilines is 1. The minimum absolute atomic E-state index is 0.0855. The molecule has 0 bridgehead atoms. The third-order valence-corrected chi connectivity index (χ3v) is 5.68. The average Bonchev–Trinajstić information content (AvgIpc) is 2.66. The lowest BCUT2D eigenvalue weighted by Crippen LogP contribution is -2.52. The average molecular weight is 310 g/mol. The van der Waals surface area contributed by atoms with E-state index in [1.165, 1.54) is 0 Å². The molecule has 5 nitrogen and oxygen atoms in total. The van der Waals surface area contributed by atoms with Gasteiger partial charge in [-0.3, -0.25) is 10.1 Å². The molecule has 116 valence electrons. The van der Waals surface area contributed by atoms with E-state index in [9.17, 15) is 13.2 Å². The van der Waals surface area contributed by atoms with Crippen LogP contribution in [0, 0.1) is 6.92 Å². The van der Waals surface area contributed by atoms with E-state index in [2.05, 4.69) is 10.6 Å². The maximum atomic E-state index is 12.2. The van der Waals surface area contributed by atoms with Crippen molar-refractivity contribution in [1.29, 1.82) is 0 Å². The molecule has 0 aliphatic carbocycles. The van der Waals surface area contributed by atoms with Crippen molar-refractivity contribution in [3.05, 3.63) is 29.8 Å². The van der Waals surface area contributed by atoms with Gasteiger partial charge in [0.05, 0.1) is 17.5 Å². The van der Waals surface area contributed by atoms with Gasteiger partial charge in [0, 0.05) is 11.2 Å². The molecular weight excluding hydrogens is 288 g/mol. The van der Waals surface area contributed by atoms with E-state index >= 15 is 0 Å². The first kappa shape index (κ1) is 16.0. The molecule has 1 aliphatic rings. The Morgan fingerprint density at radius 3 is 2.43 bits per heavy atom. The Bertz CT molecular complexity index is 625. The van der Waals surface area contributed by atoms with E-state index in [-0.39, 0.29) is 17.4 Å². The first-order chi connectivity index (χ1) is 9.69. The molecule has 1 fully saturated rings. The topological polar surface area (TPSA) is 75.3 Å². The number of hydrogen-bond donors (Lipinski definition) is 2. The van der Waals surface area contributed by atoms with Crippen molar-refractivity contribution in [2.75, 3.05) is 16.8 Å². The van der Waals surface area contributed by atoms with E-state index in [4.69, 9.17) is 0 Å². The molecule has 2 rings (SSSR count). The number of sulfone groups is 1. The van der Waals surface area contributed by atoms with Gasteiger partial charge in [-0.25, -0.2) is 8.42 Å². The smallest absolute Gasteiger partial charge is 0.241 e. The molecule has 0 spiro atoms. The molecule has 2 N–H and O–H groups in total. The minimum atomic E-state index is -2.98. The number of carbonyl (C=O) groups is 1. The van der Waals surface area contributed by atoms with Crippen molar-refractivity contribution < 1.29 is 13.2 Å². The zero-order valence-electron chi connectivity index (χ0n) is 12.6. The van der Waals surface area contributed by atoms with Crippen molar-refractivity contribution in [3.63, 3.8) is 0 Å². The van der Waals surface area contributed by atoms with Crippen LogP contribution in [0.1, 0.15) is 25.8 Å². The van der Waals surface area contributed by atoms with Gasteiger partial charge in [-0.1, -0.05) is 17.7 Å². The lowest BCUT2D eigenvalue weighted by molar-refractivity contribution is -0.118. The highest BCUT2D eigenvalue weighted by atomic mass is 32.2. The Hall–Kier alpha value is -1.40. The molecule has 0 saturated carbocycles. The van der Waals surface area contributed by atoms with Crippen LogP contribution in [0.4, 0.5) is 5.69 Å². The predicted octanol–water partition coefficient (Wildman–Crippen LogP) is 1.49. The maximum Gasteiger partial charge on any atom is 0.241 e. The summed E-state index contributed by atoms with van der Waals surface area (Å²) < 4.78 is 23.2. The molecule has 2 unspecified atom stereocenters. The van der Waals surface area contributed by atoms with Crippen LogP contribution in [-0.2, 0) is 14.6 Å². The second-order valence-electron chi connectivity index (χ2n) is 6.12. The van der Waals surface area contributed by atoms with Crippen molar-refractivity contribution in [3.8, 4) is 0 Å². The molecule has 1 aromatic rings.